The van der Waals surface area contributed by atoms with Crippen LogP contribution in [0.3, 0.4) is 0 Å². The van der Waals surface area contributed by atoms with Gasteiger partial charge in [-0.2, -0.15) is 4.68 Å². The van der Waals surface area contributed by atoms with Crippen LogP contribution in [0.4, 0.5) is 8.78 Å². The van der Waals surface area contributed by atoms with Crippen LogP contribution in [-0.4, -0.2) is 29.4 Å². The Kier molecular flexibility index (Phi) is 5.89. The molecule has 8 nitrogen and oxygen atoms in total. The van der Waals surface area contributed by atoms with Crippen molar-refractivity contribution in [3.63, 3.8) is 0 Å². The van der Waals surface area contributed by atoms with Crippen LogP contribution in [0.5, 0.6) is 0 Å². The predicted molar refractivity (Wildman–Crippen MR) is 120 cm³/mol. The first-order chi connectivity index (χ1) is 15.7. The highest BCUT2D eigenvalue weighted by atomic mass is 35.5. The quantitative estimate of drug-likeness (QED) is 0.459. The summed E-state index contributed by atoms with van der Waals surface area (Å²) in [6.45, 7) is 4.96. The summed E-state index contributed by atoms with van der Waals surface area (Å²) in [6, 6.07) is 3.82. The minimum absolute atomic E-state index is 0.00395. The fourth-order valence-electron chi connectivity index (χ4n) is 3.83. The van der Waals surface area contributed by atoms with Crippen LogP contribution in [0.2, 0.25) is 5.02 Å². The van der Waals surface area contributed by atoms with Gasteiger partial charge in [0.25, 0.3) is 5.56 Å². The molecule has 0 saturated heterocycles. The van der Waals surface area contributed by atoms with E-state index in [1.807, 2.05) is 13.8 Å². The molecule has 3 heterocycles. The number of nitrogens with one attached hydrogen (secondary N) is 1. The van der Waals surface area contributed by atoms with E-state index in [1.165, 1.54) is 18.3 Å². The maximum absolute atomic E-state index is 16.1. The van der Waals surface area contributed by atoms with Gasteiger partial charge in [-0.3, -0.25) is 9.36 Å². The van der Waals surface area contributed by atoms with Gasteiger partial charge in [0, 0.05) is 23.9 Å². The van der Waals surface area contributed by atoms with Crippen molar-refractivity contribution < 1.29 is 13.9 Å². The van der Waals surface area contributed by atoms with Crippen molar-refractivity contribution in [3.05, 3.63) is 73.3 Å². The fourth-order valence-corrected chi connectivity index (χ4v) is 4.08. The van der Waals surface area contributed by atoms with Gasteiger partial charge in [-0.1, -0.05) is 31.5 Å². The molecule has 0 radical (unpaired) electrons. The second-order valence-electron chi connectivity index (χ2n) is 7.69. The zero-order valence-corrected chi connectivity index (χ0v) is 18.7. The Labute approximate surface area is 191 Å². The van der Waals surface area contributed by atoms with Gasteiger partial charge >= 0.3 is 5.69 Å². The van der Waals surface area contributed by atoms with Crippen LogP contribution in [0, 0.1) is 11.6 Å². The highest BCUT2D eigenvalue weighted by Gasteiger charge is 2.28. The topological polar surface area (TPSA) is 106 Å². The number of halogens is 3. The van der Waals surface area contributed by atoms with E-state index >= 15 is 4.39 Å². The Morgan fingerprint density at radius 3 is 2.52 bits per heavy atom. The summed E-state index contributed by atoms with van der Waals surface area (Å²) in [6.07, 6.45) is 1.45. The third kappa shape index (κ3) is 3.55. The molecule has 4 rings (SSSR count). The van der Waals surface area contributed by atoms with E-state index in [2.05, 4.69) is 15.1 Å². The van der Waals surface area contributed by atoms with Gasteiger partial charge in [-0.15, -0.1) is 5.10 Å². The molecular weight excluding hydrogens is 456 g/mol. The van der Waals surface area contributed by atoms with E-state index in [-0.39, 0.29) is 39.8 Å². The summed E-state index contributed by atoms with van der Waals surface area (Å²) >= 11 is 6.23. The molecule has 0 fully saturated rings. The first-order valence-corrected chi connectivity index (χ1v) is 10.6. The molecule has 0 spiro atoms. The van der Waals surface area contributed by atoms with Crippen molar-refractivity contribution in [1.82, 2.24) is 24.3 Å². The lowest BCUT2D eigenvalue weighted by atomic mass is 9.96. The van der Waals surface area contributed by atoms with Crippen LogP contribution < -0.4 is 11.2 Å². The summed E-state index contributed by atoms with van der Waals surface area (Å²) in [7, 11) is 0. The van der Waals surface area contributed by atoms with Crippen LogP contribution in [0.25, 0.3) is 27.8 Å². The van der Waals surface area contributed by atoms with Crippen molar-refractivity contribution in [2.24, 2.45) is 0 Å². The fraction of sp³-hybridized carbons (Fsp3) is 0.273. The number of hydrogen-bond donors (Lipinski definition) is 2. The van der Waals surface area contributed by atoms with E-state index in [1.54, 1.807) is 6.92 Å². The molecule has 2 N–H and O–H groups in total. The number of H-pyrrole nitrogens is 1. The number of aliphatic hydroxyl groups excluding tert-OH is 1. The molecule has 0 aliphatic carbocycles. The first-order valence-electron chi connectivity index (χ1n) is 10.2. The lowest BCUT2D eigenvalue weighted by molar-refractivity contribution is 0.264. The summed E-state index contributed by atoms with van der Waals surface area (Å²) in [4.78, 5) is 32.6. The van der Waals surface area contributed by atoms with Crippen LogP contribution >= 0.6 is 11.6 Å². The molecule has 0 bridgehead atoms. The number of aromatic amines is 1. The summed E-state index contributed by atoms with van der Waals surface area (Å²) in [5, 5.41) is 13.3. The van der Waals surface area contributed by atoms with E-state index in [4.69, 9.17) is 11.6 Å². The van der Waals surface area contributed by atoms with Crippen molar-refractivity contribution in [3.8, 4) is 16.9 Å². The number of rotatable bonds is 5. The van der Waals surface area contributed by atoms with Crippen molar-refractivity contribution >= 4 is 22.5 Å². The Morgan fingerprint density at radius 2 is 1.94 bits per heavy atom. The van der Waals surface area contributed by atoms with Gasteiger partial charge in [-0.05, 0) is 30.5 Å². The molecule has 33 heavy (non-hydrogen) atoms. The molecule has 0 amide bonds. The second kappa shape index (κ2) is 8.53. The first kappa shape index (κ1) is 22.8. The molecule has 0 unspecified atom stereocenters. The summed E-state index contributed by atoms with van der Waals surface area (Å²) in [5.74, 6) is -2.68. The highest BCUT2D eigenvalue weighted by molar-refractivity contribution is 6.33. The van der Waals surface area contributed by atoms with Crippen molar-refractivity contribution in [2.75, 3.05) is 0 Å². The zero-order chi connectivity index (χ0) is 24.0. The van der Waals surface area contributed by atoms with Crippen LogP contribution in [-0.2, 0) is 13.2 Å². The van der Waals surface area contributed by atoms with E-state index in [0.29, 0.717) is 10.2 Å². The predicted octanol–water partition coefficient (Wildman–Crippen LogP) is 3.50. The van der Waals surface area contributed by atoms with Gasteiger partial charge in [0.1, 0.15) is 12.4 Å². The van der Waals surface area contributed by atoms with Crippen molar-refractivity contribution in [1.29, 1.82) is 0 Å². The number of aliphatic hydroxyl groups is 1. The second-order valence-corrected chi connectivity index (χ2v) is 8.09. The number of nitrogens with zero attached hydrogens (tertiary/aromatic N) is 4. The van der Waals surface area contributed by atoms with Crippen LogP contribution in [0.15, 0.2) is 34.0 Å². The molecule has 0 saturated carbocycles. The Bertz CT molecular complexity index is 1490. The summed E-state index contributed by atoms with van der Waals surface area (Å²) in [5.41, 5.74) is -1.56. The summed E-state index contributed by atoms with van der Waals surface area (Å²) < 4.78 is 32.8. The van der Waals surface area contributed by atoms with Gasteiger partial charge in [-0.25, -0.2) is 18.6 Å². The number of pyridine rings is 2. The van der Waals surface area contributed by atoms with E-state index in [9.17, 15) is 19.1 Å². The van der Waals surface area contributed by atoms with Crippen LogP contribution in [0.1, 0.15) is 38.1 Å². The average Bonchev–Trinajstić information content (AvgIpc) is 3.09. The number of hydrogen-bond acceptors (Lipinski definition) is 5. The van der Waals surface area contributed by atoms with E-state index < -0.39 is 40.9 Å². The Hall–Kier alpha value is -3.37. The normalized spacial score (nSPS) is 11.6. The zero-order valence-electron chi connectivity index (χ0n) is 18.0. The average molecular weight is 476 g/mol. The van der Waals surface area contributed by atoms with E-state index in [0.717, 1.165) is 10.6 Å². The molecule has 3 aromatic heterocycles. The molecule has 11 heteroatoms. The number of aromatic nitrogens is 5. The molecule has 0 aliphatic rings. The monoisotopic (exact) mass is 475 g/mol. The van der Waals surface area contributed by atoms with Gasteiger partial charge in [0.2, 0.25) is 0 Å². The SMILES string of the molecule is CCn1c(CO)nn(-c2nc3c(C(C)C)c[nH]c(=O)c3c(-c3c(F)cccc3Cl)c2F)c1=O. The molecule has 1 aromatic carbocycles. The minimum Gasteiger partial charge on any atom is -0.388 e. The molecule has 0 aliphatic heterocycles. The van der Waals surface area contributed by atoms with Crippen molar-refractivity contribution in [2.45, 2.75) is 39.8 Å². The molecule has 4 aromatic rings. The molecule has 0 atom stereocenters. The lowest BCUT2D eigenvalue weighted by Gasteiger charge is -2.16. The molecular formula is C22H20ClF2N5O3. The third-order valence-electron chi connectivity index (χ3n) is 5.41. The Morgan fingerprint density at radius 1 is 1.21 bits per heavy atom. The Balaban J connectivity index is 2.26. The number of fused-ring (bicyclic) bond motifs is 1. The largest absolute Gasteiger partial charge is 0.388 e. The lowest BCUT2D eigenvalue weighted by Crippen LogP contribution is -2.26. The van der Waals surface area contributed by atoms with Gasteiger partial charge < -0.3 is 10.1 Å². The third-order valence-corrected chi connectivity index (χ3v) is 5.73. The van der Waals surface area contributed by atoms with Gasteiger partial charge in [0.15, 0.2) is 17.5 Å². The standard InChI is InChI=1S/C22H20ClF2N5O3/c1-4-29-14(9-31)28-30(22(29)33)20-18(25)16(15-12(23)6-5-7-13(15)24)17-19(27-20)11(10(2)3)8-26-21(17)32/h5-8,10,31H,4,9H2,1-3H3,(H,26,32). The maximum atomic E-state index is 16.1. The van der Waals surface area contributed by atoms with Gasteiger partial charge in [0.05, 0.1) is 15.9 Å². The maximum Gasteiger partial charge on any atom is 0.352 e. The molecule has 172 valence electrons. The highest BCUT2D eigenvalue weighted by Crippen LogP contribution is 2.38. The number of benzene rings is 1. The smallest absolute Gasteiger partial charge is 0.352 e. The minimum atomic E-state index is -1.15.